The summed E-state index contributed by atoms with van der Waals surface area (Å²) in [7, 11) is 1.64. The highest BCUT2D eigenvalue weighted by Gasteiger charge is 2.14. The van der Waals surface area contributed by atoms with Crippen LogP contribution < -0.4 is 10.6 Å². The van der Waals surface area contributed by atoms with E-state index in [9.17, 15) is 4.79 Å². The van der Waals surface area contributed by atoms with Gasteiger partial charge in [0, 0.05) is 24.9 Å². The van der Waals surface area contributed by atoms with Gasteiger partial charge in [-0.25, -0.2) is 0 Å². The zero-order valence-corrected chi connectivity index (χ0v) is 11.6. The summed E-state index contributed by atoms with van der Waals surface area (Å²) in [4.78, 5) is 11.5. The molecule has 1 aliphatic heterocycles. The van der Waals surface area contributed by atoms with Crippen molar-refractivity contribution in [1.82, 2.24) is 10.6 Å². The maximum Gasteiger partial charge on any atom is 0.234 e. The van der Waals surface area contributed by atoms with Crippen LogP contribution in [-0.4, -0.2) is 49.8 Å². The largest absolute Gasteiger partial charge is 0.383 e. The fraction of sp³-hybridized carbons (Fsp3) is 0.917. The van der Waals surface area contributed by atoms with Crippen LogP contribution in [0, 0.1) is 0 Å². The van der Waals surface area contributed by atoms with Crippen LogP contribution in [-0.2, 0) is 9.53 Å². The first-order chi connectivity index (χ1) is 8.22. The lowest BCUT2D eigenvalue weighted by atomic mass is 10.2. The van der Waals surface area contributed by atoms with Gasteiger partial charge in [0.1, 0.15) is 0 Å². The van der Waals surface area contributed by atoms with Gasteiger partial charge >= 0.3 is 0 Å². The minimum Gasteiger partial charge on any atom is -0.383 e. The molecule has 100 valence electrons. The summed E-state index contributed by atoms with van der Waals surface area (Å²) >= 11 is 2.02. The number of methoxy groups -OCH3 is 1. The first-order valence-corrected chi connectivity index (χ1v) is 7.38. The predicted octanol–water partition coefficient (Wildman–Crippen LogP) is 1.01. The van der Waals surface area contributed by atoms with Crippen molar-refractivity contribution in [3.63, 3.8) is 0 Å². The van der Waals surface area contributed by atoms with Gasteiger partial charge < -0.3 is 15.4 Å². The quantitative estimate of drug-likeness (QED) is 0.717. The number of ether oxygens (including phenoxy) is 1. The lowest BCUT2D eigenvalue weighted by Crippen LogP contribution is -2.42. The summed E-state index contributed by atoms with van der Waals surface area (Å²) in [6.45, 7) is 3.85. The molecule has 1 heterocycles. The fourth-order valence-corrected chi connectivity index (χ4v) is 3.21. The molecule has 1 amide bonds. The number of amides is 1. The normalized spacial score (nSPS) is 22.1. The third kappa shape index (κ3) is 6.91. The zero-order valence-electron chi connectivity index (χ0n) is 10.8. The highest BCUT2D eigenvalue weighted by atomic mass is 32.2. The molecule has 0 aromatic heterocycles. The van der Waals surface area contributed by atoms with Gasteiger partial charge in [-0.15, -0.1) is 0 Å². The van der Waals surface area contributed by atoms with E-state index in [0.29, 0.717) is 18.4 Å². The first kappa shape index (κ1) is 14.8. The van der Waals surface area contributed by atoms with E-state index in [1.54, 1.807) is 7.11 Å². The van der Waals surface area contributed by atoms with Crippen LogP contribution in [0.4, 0.5) is 0 Å². The van der Waals surface area contributed by atoms with Crippen molar-refractivity contribution in [2.75, 3.05) is 32.6 Å². The second-order valence-electron chi connectivity index (χ2n) is 4.54. The van der Waals surface area contributed by atoms with E-state index >= 15 is 0 Å². The van der Waals surface area contributed by atoms with Gasteiger partial charge in [-0.1, -0.05) is 6.42 Å². The Morgan fingerprint density at radius 1 is 1.53 bits per heavy atom. The molecule has 2 N–H and O–H groups in total. The molecule has 1 fully saturated rings. The average molecular weight is 260 g/mol. The Morgan fingerprint density at radius 3 is 3.00 bits per heavy atom. The number of rotatable bonds is 7. The molecule has 0 bridgehead atoms. The van der Waals surface area contributed by atoms with Crippen LogP contribution >= 0.6 is 11.8 Å². The third-order valence-corrected chi connectivity index (χ3v) is 4.15. The molecule has 4 nitrogen and oxygen atoms in total. The van der Waals surface area contributed by atoms with Crippen LogP contribution in [0.5, 0.6) is 0 Å². The molecule has 2 atom stereocenters. The number of hydrogen-bond donors (Lipinski definition) is 2. The van der Waals surface area contributed by atoms with E-state index in [-0.39, 0.29) is 11.9 Å². The first-order valence-electron chi connectivity index (χ1n) is 6.33. The van der Waals surface area contributed by atoms with Crippen LogP contribution in [0.2, 0.25) is 0 Å². The molecule has 1 saturated heterocycles. The van der Waals surface area contributed by atoms with Gasteiger partial charge in [0.05, 0.1) is 13.2 Å². The van der Waals surface area contributed by atoms with Gasteiger partial charge in [-0.05, 0) is 25.5 Å². The summed E-state index contributed by atoms with van der Waals surface area (Å²) in [5.74, 6) is 1.32. The lowest BCUT2D eigenvalue weighted by Gasteiger charge is -2.21. The molecule has 0 radical (unpaired) electrons. The molecular formula is C12H24N2O2S. The number of thioether (sulfide) groups is 1. The van der Waals surface area contributed by atoms with Crippen LogP contribution in [0.1, 0.15) is 26.2 Å². The monoisotopic (exact) mass is 260 g/mol. The molecule has 0 aromatic rings. The van der Waals surface area contributed by atoms with Gasteiger partial charge in [-0.3, -0.25) is 4.79 Å². The molecule has 0 aromatic carbocycles. The fourth-order valence-electron chi connectivity index (χ4n) is 1.93. The van der Waals surface area contributed by atoms with E-state index in [4.69, 9.17) is 4.74 Å². The molecular weight excluding hydrogens is 236 g/mol. The van der Waals surface area contributed by atoms with Crippen molar-refractivity contribution in [3.05, 3.63) is 0 Å². The van der Waals surface area contributed by atoms with E-state index < -0.39 is 0 Å². The van der Waals surface area contributed by atoms with E-state index in [2.05, 4.69) is 10.6 Å². The summed E-state index contributed by atoms with van der Waals surface area (Å²) in [5, 5.41) is 6.80. The van der Waals surface area contributed by atoms with Crippen molar-refractivity contribution in [2.24, 2.45) is 0 Å². The molecule has 1 rings (SSSR count). The van der Waals surface area contributed by atoms with Crippen LogP contribution in [0.25, 0.3) is 0 Å². The van der Waals surface area contributed by atoms with Crippen molar-refractivity contribution >= 4 is 17.7 Å². The summed E-state index contributed by atoms with van der Waals surface area (Å²) < 4.78 is 4.97. The van der Waals surface area contributed by atoms with E-state index in [0.717, 1.165) is 6.54 Å². The second-order valence-corrected chi connectivity index (χ2v) is 5.95. The number of nitrogens with one attached hydrogen (secondary N) is 2. The topological polar surface area (TPSA) is 50.4 Å². The predicted molar refractivity (Wildman–Crippen MR) is 72.4 cm³/mol. The SMILES string of the molecule is COCC(C)NC(=O)CNCC1CCCCS1. The number of hydrogen-bond acceptors (Lipinski definition) is 4. The average Bonchev–Trinajstić information content (AvgIpc) is 2.30. The maximum atomic E-state index is 11.5. The Bertz CT molecular complexity index is 221. The Kier molecular flexibility index (Phi) is 7.64. The van der Waals surface area contributed by atoms with Crippen LogP contribution in [0.15, 0.2) is 0 Å². The lowest BCUT2D eigenvalue weighted by molar-refractivity contribution is -0.121. The van der Waals surface area contributed by atoms with E-state index in [1.807, 2.05) is 18.7 Å². The second kappa shape index (κ2) is 8.78. The smallest absolute Gasteiger partial charge is 0.234 e. The standard InChI is InChI=1S/C12H24N2O2S/c1-10(9-16-2)14-12(15)8-13-7-11-5-3-4-6-17-11/h10-11,13H,3-9H2,1-2H3,(H,14,15). The van der Waals surface area contributed by atoms with Gasteiger partial charge in [-0.2, -0.15) is 11.8 Å². The minimum atomic E-state index is 0.0513. The molecule has 1 aliphatic rings. The van der Waals surface area contributed by atoms with Gasteiger partial charge in [0.25, 0.3) is 0 Å². The number of carbonyl (C=O) groups excluding carboxylic acids is 1. The minimum absolute atomic E-state index is 0.0513. The highest BCUT2D eigenvalue weighted by Crippen LogP contribution is 2.23. The third-order valence-electron chi connectivity index (χ3n) is 2.76. The van der Waals surface area contributed by atoms with Crippen molar-refractivity contribution in [3.8, 4) is 0 Å². The Morgan fingerprint density at radius 2 is 2.35 bits per heavy atom. The van der Waals surface area contributed by atoms with Crippen molar-refractivity contribution in [1.29, 1.82) is 0 Å². The number of carbonyl (C=O) groups is 1. The molecule has 17 heavy (non-hydrogen) atoms. The maximum absolute atomic E-state index is 11.5. The van der Waals surface area contributed by atoms with Crippen molar-refractivity contribution < 1.29 is 9.53 Å². The molecule has 5 heteroatoms. The highest BCUT2D eigenvalue weighted by molar-refractivity contribution is 7.99. The zero-order chi connectivity index (χ0) is 12.5. The molecule has 2 unspecified atom stereocenters. The Hall–Kier alpha value is -0.260. The summed E-state index contributed by atoms with van der Waals surface area (Å²) in [6.07, 6.45) is 3.95. The Balaban J connectivity index is 2.03. The van der Waals surface area contributed by atoms with Gasteiger partial charge in [0.2, 0.25) is 5.91 Å². The summed E-state index contributed by atoms with van der Waals surface area (Å²) in [5.41, 5.74) is 0. The van der Waals surface area contributed by atoms with Crippen molar-refractivity contribution in [2.45, 2.75) is 37.5 Å². The van der Waals surface area contributed by atoms with Crippen LogP contribution in [0.3, 0.4) is 0 Å². The summed E-state index contributed by atoms with van der Waals surface area (Å²) in [6, 6.07) is 0.0818. The molecule has 0 spiro atoms. The molecule has 0 aliphatic carbocycles. The molecule has 0 saturated carbocycles. The Labute approximate surface area is 108 Å². The van der Waals surface area contributed by atoms with Gasteiger partial charge in [0.15, 0.2) is 0 Å². The van der Waals surface area contributed by atoms with E-state index in [1.165, 1.54) is 25.0 Å².